The van der Waals surface area contributed by atoms with Crippen LogP contribution in [0.2, 0.25) is 0 Å². The maximum Gasteiger partial charge on any atom is 0.472 e. The number of ether oxygens (including phenoxy) is 2. The molecule has 0 aromatic rings. The normalized spacial score (nSPS) is 13.8. The van der Waals surface area contributed by atoms with Crippen molar-refractivity contribution in [3.63, 3.8) is 0 Å². The van der Waals surface area contributed by atoms with E-state index in [4.69, 9.17) is 18.5 Å². The standard InChI is InChI=1S/C59H108NO8P/c1-6-8-10-12-14-16-17-18-19-20-21-22-23-24-25-26-27-28-29-30-31-32-33-34-35-36-37-38-39-40-41-42-43-44-46-48-50-52-59(62)68-57(56-67-69(63,64)66-54-53-60(3,4)5)55-65-58(61)51-49-47-45-15-13-11-9-7-2/h8,10,14,16,18-19,21-22,24-25,57H,6-7,9,11-13,15,17,20,23,26-56H2,1-5H3/p+1/b10-8-,16-14-,19-18-,22-21-,25-24-. The number of hydrogen-bond acceptors (Lipinski definition) is 7. The van der Waals surface area contributed by atoms with Crippen molar-refractivity contribution in [1.82, 2.24) is 0 Å². The van der Waals surface area contributed by atoms with Crippen molar-refractivity contribution < 1.29 is 42.1 Å². The van der Waals surface area contributed by atoms with Crippen molar-refractivity contribution in [3.05, 3.63) is 60.8 Å². The fourth-order valence-electron chi connectivity index (χ4n) is 7.93. The lowest BCUT2D eigenvalue weighted by Gasteiger charge is -2.24. The first-order valence-corrected chi connectivity index (χ1v) is 30.0. The highest BCUT2D eigenvalue weighted by Gasteiger charge is 2.27. The fraction of sp³-hybridized carbons (Fsp3) is 0.797. The predicted octanol–water partition coefficient (Wildman–Crippen LogP) is 17.5. The molecular formula is C59H109NO8P+. The van der Waals surface area contributed by atoms with Crippen LogP contribution in [0.3, 0.4) is 0 Å². The lowest BCUT2D eigenvalue weighted by molar-refractivity contribution is -0.870. The van der Waals surface area contributed by atoms with Gasteiger partial charge in [0, 0.05) is 12.8 Å². The Morgan fingerprint density at radius 3 is 1.23 bits per heavy atom. The highest BCUT2D eigenvalue weighted by Crippen LogP contribution is 2.43. The maximum atomic E-state index is 12.7. The van der Waals surface area contributed by atoms with E-state index in [9.17, 15) is 19.0 Å². The molecule has 0 radical (unpaired) electrons. The van der Waals surface area contributed by atoms with E-state index in [2.05, 4.69) is 74.6 Å². The molecule has 0 rings (SSSR count). The first kappa shape index (κ1) is 66.7. The Kier molecular flexibility index (Phi) is 49.0. The van der Waals surface area contributed by atoms with Crippen molar-refractivity contribution in [3.8, 4) is 0 Å². The highest BCUT2D eigenvalue weighted by atomic mass is 31.2. The van der Waals surface area contributed by atoms with Crippen LogP contribution in [-0.2, 0) is 32.7 Å². The Labute approximate surface area is 426 Å². The topological polar surface area (TPSA) is 108 Å². The van der Waals surface area contributed by atoms with Gasteiger partial charge in [0.15, 0.2) is 6.10 Å². The summed E-state index contributed by atoms with van der Waals surface area (Å²) >= 11 is 0. The molecule has 0 aliphatic rings. The van der Waals surface area contributed by atoms with Gasteiger partial charge >= 0.3 is 19.8 Å². The zero-order valence-electron chi connectivity index (χ0n) is 45.5. The molecule has 2 unspecified atom stereocenters. The number of hydrogen-bond donors (Lipinski definition) is 1. The van der Waals surface area contributed by atoms with Crippen LogP contribution in [0.1, 0.15) is 251 Å². The molecular weight excluding hydrogens is 882 g/mol. The number of allylic oxidation sites excluding steroid dienone is 10. The third-order valence-corrected chi connectivity index (χ3v) is 13.3. The van der Waals surface area contributed by atoms with Crippen LogP contribution >= 0.6 is 7.82 Å². The molecule has 0 saturated heterocycles. The second-order valence-electron chi connectivity index (χ2n) is 20.3. The summed E-state index contributed by atoms with van der Waals surface area (Å²) in [5.41, 5.74) is 0. The molecule has 0 fully saturated rings. The second-order valence-corrected chi connectivity index (χ2v) is 21.8. The number of rotatable bonds is 52. The van der Waals surface area contributed by atoms with Gasteiger partial charge in [-0.25, -0.2) is 4.57 Å². The SMILES string of the molecule is CC/C=C\C/C=C\C/C=C\C/C=C\C/C=C\CCCCCCCCCCCCCCCCCCCCCCCC(=O)OC(COC(=O)CCCCCCCCCC)COP(=O)(O)OCC[N+](C)(C)C. The summed E-state index contributed by atoms with van der Waals surface area (Å²) in [6.07, 6.45) is 64.8. The maximum absolute atomic E-state index is 12.7. The molecule has 402 valence electrons. The number of carbonyl (C=O) groups excluding carboxylic acids is 2. The minimum atomic E-state index is -4.37. The van der Waals surface area contributed by atoms with Crippen LogP contribution in [-0.4, -0.2) is 74.9 Å². The Morgan fingerprint density at radius 1 is 0.464 bits per heavy atom. The molecule has 0 amide bonds. The van der Waals surface area contributed by atoms with Gasteiger partial charge in [0.05, 0.1) is 27.7 Å². The lowest BCUT2D eigenvalue weighted by Crippen LogP contribution is -2.37. The number of esters is 2. The van der Waals surface area contributed by atoms with E-state index >= 15 is 0 Å². The Bertz CT molecular complexity index is 1350. The Hall–Kier alpha value is -2.29. The minimum absolute atomic E-state index is 0.0333. The highest BCUT2D eigenvalue weighted by molar-refractivity contribution is 7.47. The number of phosphoric ester groups is 1. The van der Waals surface area contributed by atoms with Crippen LogP contribution < -0.4 is 0 Å². The van der Waals surface area contributed by atoms with Gasteiger partial charge in [-0.3, -0.25) is 18.6 Å². The Morgan fingerprint density at radius 2 is 0.826 bits per heavy atom. The summed E-state index contributed by atoms with van der Waals surface area (Å²) in [7, 11) is 1.48. The molecule has 0 aliphatic heterocycles. The van der Waals surface area contributed by atoms with Gasteiger partial charge in [-0.05, 0) is 57.8 Å². The molecule has 0 aliphatic carbocycles. The van der Waals surface area contributed by atoms with Crippen LogP contribution in [0.4, 0.5) is 0 Å². The van der Waals surface area contributed by atoms with Crippen LogP contribution in [0.5, 0.6) is 0 Å². The summed E-state index contributed by atoms with van der Waals surface area (Å²) in [5, 5.41) is 0. The van der Waals surface area contributed by atoms with Crippen molar-refractivity contribution in [1.29, 1.82) is 0 Å². The van der Waals surface area contributed by atoms with Gasteiger partial charge < -0.3 is 18.9 Å². The van der Waals surface area contributed by atoms with Gasteiger partial charge in [-0.2, -0.15) is 0 Å². The number of phosphoric acid groups is 1. The second kappa shape index (κ2) is 50.6. The fourth-order valence-corrected chi connectivity index (χ4v) is 8.67. The van der Waals surface area contributed by atoms with Crippen LogP contribution in [0.25, 0.3) is 0 Å². The molecule has 0 aromatic heterocycles. The summed E-state index contributed by atoms with van der Waals surface area (Å²) in [6, 6.07) is 0. The number of likely N-dealkylation sites (N-methyl/N-ethyl adjacent to an activating group) is 1. The van der Waals surface area contributed by atoms with Gasteiger partial charge in [0.25, 0.3) is 0 Å². The summed E-state index contributed by atoms with van der Waals surface area (Å²) < 4.78 is 34.4. The number of unbranched alkanes of at least 4 members (excludes halogenated alkanes) is 28. The average Bonchev–Trinajstić information content (AvgIpc) is 3.31. The summed E-state index contributed by atoms with van der Waals surface area (Å²) in [4.78, 5) is 35.4. The molecule has 0 aromatic carbocycles. The zero-order valence-corrected chi connectivity index (χ0v) is 46.4. The lowest BCUT2D eigenvalue weighted by atomic mass is 10.0. The third-order valence-electron chi connectivity index (χ3n) is 12.3. The van der Waals surface area contributed by atoms with Crippen molar-refractivity contribution >= 4 is 19.8 Å². The largest absolute Gasteiger partial charge is 0.472 e. The van der Waals surface area contributed by atoms with E-state index < -0.39 is 26.5 Å². The third kappa shape index (κ3) is 54.9. The van der Waals surface area contributed by atoms with E-state index in [0.717, 1.165) is 64.2 Å². The van der Waals surface area contributed by atoms with E-state index in [1.807, 2.05) is 21.1 Å². The molecule has 0 saturated carbocycles. The molecule has 1 N–H and O–H groups in total. The van der Waals surface area contributed by atoms with Gasteiger partial charge in [-0.1, -0.05) is 242 Å². The predicted molar refractivity (Wildman–Crippen MR) is 293 cm³/mol. The van der Waals surface area contributed by atoms with Crippen molar-refractivity contribution in [2.24, 2.45) is 0 Å². The van der Waals surface area contributed by atoms with Crippen LogP contribution in [0, 0.1) is 0 Å². The molecule has 0 heterocycles. The molecule has 69 heavy (non-hydrogen) atoms. The quantitative estimate of drug-likeness (QED) is 0.0211. The van der Waals surface area contributed by atoms with E-state index in [1.54, 1.807) is 0 Å². The number of quaternary nitrogens is 1. The van der Waals surface area contributed by atoms with Gasteiger partial charge in [0.2, 0.25) is 0 Å². The summed E-state index contributed by atoms with van der Waals surface area (Å²) in [6.45, 7) is 4.30. The first-order valence-electron chi connectivity index (χ1n) is 28.5. The molecule has 0 spiro atoms. The first-order chi connectivity index (χ1) is 33.5. The molecule has 10 heteroatoms. The Balaban J connectivity index is 3.86. The van der Waals surface area contributed by atoms with Gasteiger partial charge in [-0.15, -0.1) is 0 Å². The zero-order chi connectivity index (χ0) is 50.6. The van der Waals surface area contributed by atoms with E-state index in [-0.39, 0.29) is 25.6 Å². The number of nitrogens with zero attached hydrogens (tertiary/aromatic N) is 1. The average molecular weight is 991 g/mol. The molecule has 2 atom stereocenters. The van der Waals surface area contributed by atoms with Crippen molar-refractivity contribution in [2.45, 2.75) is 258 Å². The monoisotopic (exact) mass is 991 g/mol. The van der Waals surface area contributed by atoms with E-state index in [1.165, 1.54) is 154 Å². The van der Waals surface area contributed by atoms with Gasteiger partial charge in [0.1, 0.15) is 19.8 Å². The summed E-state index contributed by atoms with van der Waals surface area (Å²) in [5.74, 6) is -0.793. The van der Waals surface area contributed by atoms with Crippen molar-refractivity contribution in [2.75, 3.05) is 47.5 Å². The smallest absolute Gasteiger partial charge is 0.462 e. The number of carbonyl (C=O) groups is 2. The van der Waals surface area contributed by atoms with E-state index in [0.29, 0.717) is 23.9 Å². The van der Waals surface area contributed by atoms with Crippen LogP contribution in [0.15, 0.2) is 60.8 Å². The minimum Gasteiger partial charge on any atom is -0.462 e. The molecule has 9 nitrogen and oxygen atoms in total. The molecule has 0 bridgehead atoms.